The third-order valence-electron chi connectivity index (χ3n) is 4.35. The summed E-state index contributed by atoms with van der Waals surface area (Å²) < 4.78 is 5.86. The van der Waals surface area contributed by atoms with E-state index in [1.54, 1.807) is 6.92 Å². The van der Waals surface area contributed by atoms with Gasteiger partial charge in [-0.05, 0) is 57.0 Å². The lowest BCUT2D eigenvalue weighted by molar-refractivity contribution is -0.122. The van der Waals surface area contributed by atoms with Crippen molar-refractivity contribution in [2.24, 2.45) is 0 Å². The summed E-state index contributed by atoms with van der Waals surface area (Å²) >= 11 is 0. The van der Waals surface area contributed by atoms with Gasteiger partial charge in [0, 0.05) is 11.1 Å². The van der Waals surface area contributed by atoms with Crippen LogP contribution in [0.25, 0.3) is 10.9 Å². The molecule has 0 radical (unpaired) electrons. The van der Waals surface area contributed by atoms with E-state index in [0.29, 0.717) is 5.69 Å². The number of fused-ring (bicyclic) bond motifs is 1. The second kappa shape index (κ2) is 6.93. The number of pyridine rings is 1. The first-order valence-electron chi connectivity index (χ1n) is 8.36. The van der Waals surface area contributed by atoms with Crippen molar-refractivity contribution in [2.45, 2.75) is 33.8 Å². The lowest BCUT2D eigenvalue weighted by atomic mass is 10.1. The van der Waals surface area contributed by atoms with Gasteiger partial charge in [-0.25, -0.2) is 0 Å². The average molecular weight is 334 g/mol. The summed E-state index contributed by atoms with van der Waals surface area (Å²) in [5.41, 5.74) is 4.58. The van der Waals surface area contributed by atoms with E-state index < -0.39 is 6.10 Å². The summed E-state index contributed by atoms with van der Waals surface area (Å²) in [6.07, 6.45) is -0.611. The van der Waals surface area contributed by atoms with Crippen LogP contribution in [0.15, 0.2) is 48.5 Å². The quantitative estimate of drug-likeness (QED) is 0.760. The molecule has 1 atom stereocenters. The number of nitrogens with zero attached hydrogens (tertiary/aromatic N) is 1. The van der Waals surface area contributed by atoms with Crippen molar-refractivity contribution in [2.75, 3.05) is 5.32 Å². The van der Waals surface area contributed by atoms with E-state index in [0.717, 1.165) is 33.5 Å². The first-order chi connectivity index (χ1) is 12.0. The largest absolute Gasteiger partial charge is 0.481 e. The van der Waals surface area contributed by atoms with Crippen molar-refractivity contribution in [1.29, 1.82) is 0 Å². The fourth-order valence-electron chi connectivity index (χ4n) is 2.68. The molecule has 2 aromatic carbocycles. The van der Waals surface area contributed by atoms with E-state index in [4.69, 9.17) is 4.74 Å². The molecule has 1 amide bonds. The Bertz CT molecular complexity index is 934. The van der Waals surface area contributed by atoms with Crippen molar-refractivity contribution in [3.8, 4) is 5.75 Å². The van der Waals surface area contributed by atoms with Gasteiger partial charge in [0.2, 0.25) is 0 Å². The van der Waals surface area contributed by atoms with E-state index >= 15 is 0 Å². The van der Waals surface area contributed by atoms with Crippen molar-refractivity contribution in [3.63, 3.8) is 0 Å². The normalized spacial score (nSPS) is 12.0. The van der Waals surface area contributed by atoms with Gasteiger partial charge < -0.3 is 10.1 Å². The Morgan fingerprint density at radius 3 is 2.60 bits per heavy atom. The number of carbonyl (C=O) groups is 1. The molecule has 128 valence electrons. The van der Waals surface area contributed by atoms with E-state index in [2.05, 4.69) is 10.3 Å². The summed E-state index contributed by atoms with van der Waals surface area (Å²) in [5.74, 6) is 0.534. The number of para-hydroxylation sites is 1. The Hall–Kier alpha value is -2.88. The van der Waals surface area contributed by atoms with Gasteiger partial charge >= 0.3 is 0 Å². The highest BCUT2D eigenvalue weighted by atomic mass is 16.5. The molecule has 0 bridgehead atoms. The SMILES string of the molecule is Cc1ccc2cccc(NC(=O)[C@@H](C)Oc3cccc(C)c3C)c2n1. The molecular weight excluding hydrogens is 312 g/mol. The molecule has 1 aromatic heterocycles. The number of aryl methyl sites for hydroxylation is 2. The molecule has 0 aliphatic heterocycles. The molecule has 0 unspecified atom stereocenters. The maximum Gasteiger partial charge on any atom is 0.265 e. The summed E-state index contributed by atoms with van der Waals surface area (Å²) in [4.78, 5) is 17.1. The Morgan fingerprint density at radius 1 is 1.04 bits per heavy atom. The maximum atomic E-state index is 12.6. The number of benzene rings is 2. The minimum atomic E-state index is -0.611. The van der Waals surface area contributed by atoms with Gasteiger partial charge in [-0.3, -0.25) is 9.78 Å². The fraction of sp³-hybridized carbons (Fsp3) is 0.238. The molecule has 0 aliphatic rings. The lowest BCUT2D eigenvalue weighted by Gasteiger charge is -2.17. The number of anilines is 1. The molecular formula is C21H22N2O2. The maximum absolute atomic E-state index is 12.6. The minimum absolute atomic E-state index is 0.197. The zero-order valence-electron chi connectivity index (χ0n) is 15.0. The second-order valence-electron chi connectivity index (χ2n) is 6.28. The smallest absolute Gasteiger partial charge is 0.265 e. The Labute approximate surface area is 147 Å². The average Bonchev–Trinajstić information content (AvgIpc) is 2.59. The number of carbonyl (C=O) groups excluding carboxylic acids is 1. The van der Waals surface area contributed by atoms with Crippen LogP contribution in [0.5, 0.6) is 5.75 Å². The molecule has 0 spiro atoms. The Balaban J connectivity index is 1.80. The molecule has 3 rings (SSSR count). The van der Waals surface area contributed by atoms with Crippen LogP contribution >= 0.6 is 0 Å². The van der Waals surface area contributed by atoms with Crippen molar-refractivity contribution >= 4 is 22.5 Å². The van der Waals surface area contributed by atoms with Gasteiger partial charge in [0.25, 0.3) is 5.91 Å². The number of hydrogen-bond donors (Lipinski definition) is 1. The molecule has 25 heavy (non-hydrogen) atoms. The van der Waals surface area contributed by atoms with Crippen LogP contribution < -0.4 is 10.1 Å². The molecule has 3 aromatic rings. The molecule has 0 fully saturated rings. The number of amides is 1. The van der Waals surface area contributed by atoms with E-state index in [1.165, 1.54) is 0 Å². The summed E-state index contributed by atoms with van der Waals surface area (Å²) in [6.45, 7) is 7.70. The topological polar surface area (TPSA) is 51.2 Å². The molecule has 0 saturated heterocycles. The molecule has 1 N–H and O–H groups in total. The van der Waals surface area contributed by atoms with Gasteiger partial charge in [-0.15, -0.1) is 0 Å². The summed E-state index contributed by atoms with van der Waals surface area (Å²) in [7, 11) is 0. The van der Waals surface area contributed by atoms with Gasteiger partial charge in [-0.2, -0.15) is 0 Å². The van der Waals surface area contributed by atoms with E-state index in [-0.39, 0.29) is 5.91 Å². The highest BCUT2D eigenvalue weighted by molar-refractivity contribution is 6.01. The van der Waals surface area contributed by atoms with Crippen LogP contribution in [0.4, 0.5) is 5.69 Å². The molecule has 4 heteroatoms. The van der Waals surface area contributed by atoms with Crippen molar-refractivity contribution in [3.05, 3.63) is 65.4 Å². The minimum Gasteiger partial charge on any atom is -0.481 e. The number of nitrogens with one attached hydrogen (secondary N) is 1. The predicted molar refractivity (Wildman–Crippen MR) is 101 cm³/mol. The zero-order chi connectivity index (χ0) is 18.0. The van der Waals surface area contributed by atoms with E-state index in [1.807, 2.05) is 69.3 Å². The van der Waals surface area contributed by atoms with Crippen LogP contribution in [0.1, 0.15) is 23.7 Å². The highest BCUT2D eigenvalue weighted by Gasteiger charge is 2.17. The Kier molecular flexibility index (Phi) is 4.70. The first kappa shape index (κ1) is 17.0. The highest BCUT2D eigenvalue weighted by Crippen LogP contribution is 2.24. The monoisotopic (exact) mass is 334 g/mol. The number of hydrogen-bond acceptors (Lipinski definition) is 3. The van der Waals surface area contributed by atoms with Crippen LogP contribution in [-0.4, -0.2) is 17.0 Å². The second-order valence-corrected chi connectivity index (χ2v) is 6.28. The van der Waals surface area contributed by atoms with Crippen LogP contribution in [0.2, 0.25) is 0 Å². The van der Waals surface area contributed by atoms with E-state index in [9.17, 15) is 4.79 Å². The van der Waals surface area contributed by atoms with Gasteiger partial charge in [0.05, 0.1) is 11.2 Å². The predicted octanol–water partition coefficient (Wildman–Crippen LogP) is 4.57. The number of rotatable bonds is 4. The van der Waals surface area contributed by atoms with Gasteiger partial charge in [0.1, 0.15) is 5.75 Å². The third kappa shape index (κ3) is 3.63. The number of aromatic nitrogens is 1. The summed E-state index contributed by atoms with van der Waals surface area (Å²) in [5, 5.41) is 3.93. The standard InChI is InChI=1S/C21H22N2O2/c1-13-7-5-10-19(15(13)3)25-16(4)21(24)23-18-9-6-8-17-12-11-14(2)22-20(17)18/h5-12,16H,1-4H3,(H,23,24)/t16-/m1/s1. The van der Waals surface area contributed by atoms with Gasteiger partial charge in [0.15, 0.2) is 6.10 Å². The van der Waals surface area contributed by atoms with Gasteiger partial charge in [-0.1, -0.05) is 30.3 Å². The Morgan fingerprint density at radius 2 is 1.80 bits per heavy atom. The third-order valence-corrected chi connectivity index (χ3v) is 4.35. The molecule has 0 saturated carbocycles. The number of ether oxygens (including phenoxy) is 1. The molecule has 4 nitrogen and oxygen atoms in total. The van der Waals surface area contributed by atoms with Crippen LogP contribution in [0.3, 0.4) is 0 Å². The first-order valence-corrected chi connectivity index (χ1v) is 8.36. The fourth-order valence-corrected chi connectivity index (χ4v) is 2.68. The van der Waals surface area contributed by atoms with Crippen molar-refractivity contribution < 1.29 is 9.53 Å². The van der Waals surface area contributed by atoms with Crippen molar-refractivity contribution in [1.82, 2.24) is 4.98 Å². The zero-order valence-corrected chi connectivity index (χ0v) is 15.0. The molecule has 1 heterocycles. The molecule has 0 aliphatic carbocycles. The van der Waals surface area contributed by atoms with Crippen LogP contribution in [0, 0.1) is 20.8 Å². The van der Waals surface area contributed by atoms with Crippen LogP contribution in [-0.2, 0) is 4.79 Å². The summed E-state index contributed by atoms with van der Waals surface area (Å²) in [6, 6.07) is 15.5. The lowest BCUT2D eigenvalue weighted by Crippen LogP contribution is -2.30.